The number of hydrogen-bond acceptors (Lipinski definition) is 7. The number of carboxylic acids is 1. The van der Waals surface area contributed by atoms with Crippen molar-refractivity contribution in [1.82, 2.24) is 10.6 Å². The number of guanidine groups is 1. The average Bonchev–Trinajstić information content (AvgIpc) is 3.22. The van der Waals surface area contributed by atoms with E-state index in [0.717, 1.165) is 5.56 Å². The number of rotatable bonds is 11. The van der Waals surface area contributed by atoms with Gasteiger partial charge in [0.25, 0.3) is 5.91 Å². The molecule has 168 valence electrons. The molecule has 1 unspecified atom stereocenters. The van der Waals surface area contributed by atoms with Crippen LogP contribution in [0, 0.1) is 0 Å². The van der Waals surface area contributed by atoms with Gasteiger partial charge in [-0.05, 0) is 18.4 Å². The first-order valence-electron chi connectivity index (χ1n) is 9.60. The Hall–Kier alpha value is -3.83. The number of carbonyl (C=O) groups excluding carboxylic acids is 2. The first-order valence-corrected chi connectivity index (χ1v) is 9.60. The van der Waals surface area contributed by atoms with E-state index in [2.05, 4.69) is 20.8 Å². The van der Waals surface area contributed by atoms with Gasteiger partial charge in [0.05, 0.1) is 5.71 Å². The van der Waals surface area contributed by atoms with E-state index in [1.807, 2.05) is 6.07 Å². The highest BCUT2D eigenvalue weighted by molar-refractivity contribution is 5.93. The van der Waals surface area contributed by atoms with Crippen molar-refractivity contribution >= 4 is 29.6 Å². The van der Waals surface area contributed by atoms with E-state index in [0.29, 0.717) is 25.1 Å². The smallest absolute Gasteiger partial charge is 0.408 e. The van der Waals surface area contributed by atoms with Crippen molar-refractivity contribution in [3.05, 3.63) is 35.9 Å². The molecular weight excluding hydrogens is 408 g/mol. The van der Waals surface area contributed by atoms with E-state index in [-0.39, 0.29) is 25.5 Å². The molecule has 0 aliphatic carbocycles. The normalized spacial score (nSPS) is 15.7. The summed E-state index contributed by atoms with van der Waals surface area (Å²) in [5.74, 6) is -1.85. The predicted molar refractivity (Wildman–Crippen MR) is 111 cm³/mol. The molecule has 12 nitrogen and oxygen atoms in total. The van der Waals surface area contributed by atoms with Crippen LogP contribution in [0.25, 0.3) is 0 Å². The molecule has 0 saturated heterocycles. The van der Waals surface area contributed by atoms with Crippen molar-refractivity contribution in [1.29, 1.82) is 0 Å². The Kier molecular flexibility index (Phi) is 9.08. The lowest BCUT2D eigenvalue weighted by Gasteiger charge is -2.16. The fraction of sp³-hybridized carbons (Fsp3) is 0.421. The predicted octanol–water partition coefficient (Wildman–Crippen LogP) is -0.319. The van der Waals surface area contributed by atoms with Gasteiger partial charge in [0, 0.05) is 19.5 Å². The fourth-order valence-electron chi connectivity index (χ4n) is 2.63. The van der Waals surface area contributed by atoms with Gasteiger partial charge in [-0.1, -0.05) is 35.5 Å². The third-order valence-corrected chi connectivity index (χ3v) is 4.22. The fourth-order valence-corrected chi connectivity index (χ4v) is 2.63. The van der Waals surface area contributed by atoms with Crippen molar-refractivity contribution in [2.24, 2.45) is 21.6 Å². The molecule has 2 atom stereocenters. The van der Waals surface area contributed by atoms with Crippen LogP contribution < -0.4 is 22.1 Å². The number of hydrogen-bond donors (Lipinski definition) is 5. The van der Waals surface area contributed by atoms with Gasteiger partial charge in [-0.3, -0.25) is 9.79 Å². The van der Waals surface area contributed by atoms with Gasteiger partial charge < -0.3 is 36.8 Å². The monoisotopic (exact) mass is 434 g/mol. The molecule has 0 bridgehead atoms. The van der Waals surface area contributed by atoms with E-state index < -0.39 is 30.1 Å². The minimum absolute atomic E-state index is 0.00686. The number of aliphatic carboxylic acids is 1. The summed E-state index contributed by atoms with van der Waals surface area (Å²) in [6.45, 7) is 0.0867. The van der Waals surface area contributed by atoms with E-state index in [1.54, 1.807) is 24.3 Å². The highest BCUT2D eigenvalue weighted by Crippen LogP contribution is 2.14. The highest BCUT2D eigenvalue weighted by Gasteiger charge is 2.29. The van der Waals surface area contributed by atoms with E-state index in [1.165, 1.54) is 0 Å². The Morgan fingerprint density at radius 2 is 2.03 bits per heavy atom. The summed E-state index contributed by atoms with van der Waals surface area (Å²) in [5.41, 5.74) is 11.9. The largest absolute Gasteiger partial charge is 0.480 e. The third kappa shape index (κ3) is 8.60. The van der Waals surface area contributed by atoms with Crippen LogP contribution in [0.5, 0.6) is 0 Å². The van der Waals surface area contributed by atoms with Crippen molar-refractivity contribution in [2.75, 3.05) is 13.1 Å². The van der Waals surface area contributed by atoms with E-state index in [4.69, 9.17) is 21.0 Å². The zero-order valence-corrected chi connectivity index (χ0v) is 16.8. The summed E-state index contributed by atoms with van der Waals surface area (Å²) in [4.78, 5) is 44.4. The average molecular weight is 434 g/mol. The number of nitrogens with two attached hydrogens (primary N) is 2. The van der Waals surface area contributed by atoms with Crippen LogP contribution in [0.2, 0.25) is 0 Å². The molecule has 2 amide bonds. The zero-order valence-electron chi connectivity index (χ0n) is 16.8. The molecule has 0 aromatic heterocycles. The number of ether oxygens (including phenoxy) is 1. The molecular formula is C19H26N6O6. The van der Waals surface area contributed by atoms with Gasteiger partial charge in [-0.2, -0.15) is 0 Å². The van der Waals surface area contributed by atoms with Gasteiger partial charge in [0.2, 0.25) is 6.10 Å². The summed E-state index contributed by atoms with van der Waals surface area (Å²) in [5, 5.41) is 17.8. The second-order valence-corrected chi connectivity index (χ2v) is 6.71. The van der Waals surface area contributed by atoms with Crippen LogP contribution in [0.4, 0.5) is 4.79 Å². The van der Waals surface area contributed by atoms with Gasteiger partial charge in [0.1, 0.15) is 12.6 Å². The third-order valence-electron chi connectivity index (χ3n) is 4.22. The van der Waals surface area contributed by atoms with Gasteiger partial charge in [-0.25, -0.2) is 9.59 Å². The van der Waals surface area contributed by atoms with Crippen LogP contribution in [0.1, 0.15) is 24.8 Å². The summed E-state index contributed by atoms with van der Waals surface area (Å²) < 4.78 is 5.00. The maximum Gasteiger partial charge on any atom is 0.408 e. The van der Waals surface area contributed by atoms with Crippen LogP contribution >= 0.6 is 0 Å². The number of carbonyl (C=O) groups is 3. The van der Waals surface area contributed by atoms with Gasteiger partial charge in [-0.15, -0.1) is 0 Å². The topological polar surface area (TPSA) is 191 Å². The molecule has 1 heterocycles. The van der Waals surface area contributed by atoms with E-state index >= 15 is 0 Å². The molecule has 1 aromatic carbocycles. The molecule has 1 aliphatic heterocycles. The summed E-state index contributed by atoms with van der Waals surface area (Å²) in [6, 6.07) is 7.56. The Morgan fingerprint density at radius 3 is 2.71 bits per heavy atom. The van der Waals surface area contributed by atoms with Gasteiger partial charge in [0.15, 0.2) is 5.96 Å². The minimum Gasteiger partial charge on any atom is -0.480 e. The number of oxime groups is 1. The van der Waals surface area contributed by atoms with E-state index in [9.17, 15) is 19.5 Å². The Morgan fingerprint density at radius 1 is 1.29 bits per heavy atom. The maximum atomic E-state index is 12.2. The molecule has 12 heteroatoms. The minimum atomic E-state index is -1.37. The lowest BCUT2D eigenvalue weighted by Crippen LogP contribution is -2.50. The number of aliphatic imine (C=N–C) groups is 1. The Balaban J connectivity index is 1.71. The Labute approximate surface area is 178 Å². The molecule has 1 aliphatic rings. The molecule has 7 N–H and O–H groups in total. The number of nitrogens with one attached hydrogen (secondary N) is 2. The quantitative estimate of drug-likeness (QED) is 0.178. The SMILES string of the molecule is NC(N)=NCCCC1=NOC(C(=O)NC[C@H](NC(=O)OCc2ccccc2)C(=O)O)C1. The zero-order chi connectivity index (χ0) is 22.6. The standard InChI is InChI=1S/C19H26N6O6/c20-18(21)22-8-4-7-13-9-15(31-25-13)16(26)23-10-14(17(27)28)24-19(29)30-11-12-5-2-1-3-6-12/h1-3,5-6,14-15H,4,7-11H2,(H,23,26)(H,24,29)(H,27,28)(H4,20,21,22)/t14-,15?/m0/s1. The molecule has 1 aromatic rings. The first kappa shape index (κ1) is 23.4. The number of benzene rings is 1. The van der Waals surface area contributed by atoms with Crippen molar-refractivity contribution < 1.29 is 29.1 Å². The Bertz CT molecular complexity index is 824. The van der Waals surface area contributed by atoms with Crippen LogP contribution in [0.15, 0.2) is 40.5 Å². The molecule has 0 spiro atoms. The van der Waals surface area contributed by atoms with Crippen LogP contribution in [-0.2, 0) is 25.8 Å². The second kappa shape index (κ2) is 12.0. The number of carboxylic acid groups (broad SMARTS) is 1. The van der Waals surface area contributed by atoms with Gasteiger partial charge >= 0.3 is 12.1 Å². The summed E-state index contributed by atoms with van der Waals surface area (Å²) in [6.07, 6.45) is -0.290. The molecule has 2 rings (SSSR count). The number of nitrogens with zero attached hydrogens (tertiary/aromatic N) is 2. The molecule has 0 fully saturated rings. The lowest BCUT2D eigenvalue weighted by molar-refractivity contribution is -0.139. The van der Waals surface area contributed by atoms with Crippen molar-refractivity contribution in [2.45, 2.75) is 38.0 Å². The molecule has 31 heavy (non-hydrogen) atoms. The maximum absolute atomic E-state index is 12.2. The first-order chi connectivity index (χ1) is 14.8. The highest BCUT2D eigenvalue weighted by atomic mass is 16.6. The number of amides is 2. The summed E-state index contributed by atoms with van der Waals surface area (Å²) in [7, 11) is 0. The van der Waals surface area contributed by atoms with Crippen molar-refractivity contribution in [3.8, 4) is 0 Å². The lowest BCUT2D eigenvalue weighted by atomic mass is 10.1. The molecule has 0 saturated carbocycles. The number of alkyl carbamates (subject to hydrolysis) is 1. The molecule has 0 radical (unpaired) electrons. The summed E-state index contributed by atoms with van der Waals surface area (Å²) >= 11 is 0. The van der Waals surface area contributed by atoms with Crippen LogP contribution in [-0.4, -0.2) is 60.0 Å². The van der Waals surface area contributed by atoms with Crippen molar-refractivity contribution in [3.63, 3.8) is 0 Å². The second-order valence-electron chi connectivity index (χ2n) is 6.71. The van der Waals surface area contributed by atoms with Crippen LogP contribution in [0.3, 0.4) is 0 Å².